The van der Waals surface area contributed by atoms with Crippen molar-refractivity contribution in [3.63, 3.8) is 0 Å². The normalized spacial score (nSPS) is 13.8. The zero-order valence-electron chi connectivity index (χ0n) is 19.2. The number of rotatable bonds is 7. The number of hydrogen-bond donors (Lipinski definition) is 0. The van der Waals surface area contributed by atoms with Crippen LogP contribution in [0.15, 0.2) is 66.0 Å². The summed E-state index contributed by atoms with van der Waals surface area (Å²) in [6.07, 6.45) is 3.46. The van der Waals surface area contributed by atoms with E-state index in [0.717, 1.165) is 16.8 Å². The molecule has 168 valence electrons. The van der Waals surface area contributed by atoms with Gasteiger partial charge in [-0.3, -0.25) is 0 Å². The summed E-state index contributed by atoms with van der Waals surface area (Å²) < 4.78 is 16.3. The van der Waals surface area contributed by atoms with Crippen LogP contribution in [0.3, 0.4) is 0 Å². The van der Waals surface area contributed by atoms with Gasteiger partial charge < -0.3 is 19.1 Å². The predicted octanol–water partition coefficient (Wildman–Crippen LogP) is 4.81. The third-order valence-corrected chi connectivity index (χ3v) is 5.16. The Labute approximate surface area is 189 Å². The van der Waals surface area contributed by atoms with E-state index < -0.39 is 17.9 Å². The van der Waals surface area contributed by atoms with Crippen LogP contribution >= 0.6 is 0 Å². The molecule has 0 radical (unpaired) electrons. The number of para-hydroxylation sites is 1. The number of nitrogens with zero attached hydrogens (tertiary/aromatic N) is 1. The molecule has 0 N–H and O–H groups in total. The minimum Gasteiger partial charge on any atom is -0.496 e. The maximum atomic E-state index is 13.1. The molecule has 0 aliphatic carbocycles. The number of anilines is 1. The molecule has 0 bridgehead atoms. The number of carbonyl (C=O) groups is 2. The molecule has 0 aromatic heterocycles. The Morgan fingerprint density at radius 3 is 1.91 bits per heavy atom. The lowest BCUT2D eigenvalue weighted by atomic mass is 9.82. The SMILES string of the molecule is CCOC(=O)C1=CN(c2cc(C)cc(C)c2)C=C(C(=O)OCC)C1c1ccccc1OC. The lowest BCUT2D eigenvalue weighted by Crippen LogP contribution is -2.29. The summed E-state index contributed by atoms with van der Waals surface area (Å²) in [4.78, 5) is 27.9. The topological polar surface area (TPSA) is 65.1 Å². The van der Waals surface area contributed by atoms with Gasteiger partial charge in [0.05, 0.1) is 37.4 Å². The smallest absolute Gasteiger partial charge is 0.336 e. The van der Waals surface area contributed by atoms with Crippen molar-refractivity contribution in [3.05, 3.63) is 82.7 Å². The van der Waals surface area contributed by atoms with Gasteiger partial charge in [-0.15, -0.1) is 0 Å². The maximum absolute atomic E-state index is 13.1. The highest BCUT2D eigenvalue weighted by atomic mass is 16.5. The molecule has 6 heteroatoms. The third kappa shape index (κ3) is 4.85. The van der Waals surface area contributed by atoms with Crippen molar-refractivity contribution in [2.24, 2.45) is 0 Å². The van der Waals surface area contributed by atoms with E-state index in [4.69, 9.17) is 14.2 Å². The van der Waals surface area contributed by atoms with Crippen LogP contribution in [0, 0.1) is 13.8 Å². The number of esters is 2. The van der Waals surface area contributed by atoms with Crippen molar-refractivity contribution in [1.82, 2.24) is 0 Å². The van der Waals surface area contributed by atoms with E-state index in [9.17, 15) is 9.59 Å². The predicted molar refractivity (Wildman–Crippen MR) is 124 cm³/mol. The lowest BCUT2D eigenvalue weighted by molar-refractivity contribution is -0.139. The molecule has 0 saturated heterocycles. The molecule has 1 aliphatic rings. The van der Waals surface area contributed by atoms with Crippen LogP contribution in [-0.2, 0) is 19.1 Å². The summed E-state index contributed by atoms with van der Waals surface area (Å²) in [7, 11) is 1.56. The van der Waals surface area contributed by atoms with Gasteiger partial charge in [-0.2, -0.15) is 0 Å². The summed E-state index contributed by atoms with van der Waals surface area (Å²) in [5, 5.41) is 0. The van der Waals surface area contributed by atoms with E-state index in [1.54, 1.807) is 44.3 Å². The summed E-state index contributed by atoms with van der Waals surface area (Å²) >= 11 is 0. The van der Waals surface area contributed by atoms with Gasteiger partial charge in [0.2, 0.25) is 0 Å². The first-order valence-electron chi connectivity index (χ1n) is 10.7. The highest BCUT2D eigenvalue weighted by Crippen LogP contribution is 2.42. The monoisotopic (exact) mass is 435 g/mol. The number of methoxy groups -OCH3 is 1. The largest absolute Gasteiger partial charge is 0.496 e. The number of benzene rings is 2. The van der Waals surface area contributed by atoms with Crippen LogP contribution in [0.25, 0.3) is 0 Å². The molecule has 1 aliphatic heterocycles. The molecule has 0 atom stereocenters. The maximum Gasteiger partial charge on any atom is 0.336 e. The molecule has 2 aromatic rings. The van der Waals surface area contributed by atoms with Gasteiger partial charge in [0.1, 0.15) is 5.75 Å². The minimum absolute atomic E-state index is 0.219. The fourth-order valence-electron chi connectivity index (χ4n) is 3.91. The van der Waals surface area contributed by atoms with Crippen molar-refractivity contribution in [1.29, 1.82) is 0 Å². The number of ether oxygens (including phenoxy) is 3. The average Bonchev–Trinajstić information content (AvgIpc) is 2.77. The molecule has 6 nitrogen and oxygen atoms in total. The fraction of sp³-hybridized carbons (Fsp3) is 0.308. The Kier molecular flexibility index (Phi) is 7.36. The second kappa shape index (κ2) is 10.2. The minimum atomic E-state index is -0.689. The Morgan fingerprint density at radius 2 is 1.41 bits per heavy atom. The van der Waals surface area contributed by atoms with Gasteiger partial charge in [0.25, 0.3) is 0 Å². The molecule has 0 unspecified atom stereocenters. The van der Waals surface area contributed by atoms with Crippen LogP contribution in [0.2, 0.25) is 0 Å². The molecular weight excluding hydrogens is 406 g/mol. The first kappa shape index (κ1) is 23.1. The van der Waals surface area contributed by atoms with Gasteiger partial charge >= 0.3 is 11.9 Å². The Balaban J connectivity index is 2.24. The first-order valence-corrected chi connectivity index (χ1v) is 10.7. The third-order valence-electron chi connectivity index (χ3n) is 5.16. The lowest BCUT2D eigenvalue weighted by Gasteiger charge is -2.31. The standard InChI is InChI=1S/C26H29NO5/c1-6-31-25(28)21-15-27(19-13-17(3)12-18(4)14-19)16-22(26(29)32-7-2)24(21)20-10-8-9-11-23(20)30-5/h8-16,24H,6-7H2,1-5H3. The number of hydrogen-bond acceptors (Lipinski definition) is 6. The summed E-state index contributed by atoms with van der Waals surface area (Å²) in [6.45, 7) is 7.95. The summed E-state index contributed by atoms with van der Waals surface area (Å²) in [6, 6.07) is 13.4. The van der Waals surface area contributed by atoms with E-state index in [-0.39, 0.29) is 13.2 Å². The molecule has 0 fully saturated rings. The van der Waals surface area contributed by atoms with Gasteiger partial charge in [0.15, 0.2) is 0 Å². The molecule has 3 rings (SSSR count). The molecule has 1 heterocycles. The molecule has 0 saturated carbocycles. The van der Waals surface area contributed by atoms with Gasteiger partial charge in [-0.1, -0.05) is 24.3 Å². The Morgan fingerprint density at radius 1 is 0.875 bits per heavy atom. The summed E-state index contributed by atoms with van der Waals surface area (Å²) in [5.41, 5.74) is 4.34. The van der Waals surface area contributed by atoms with Crippen molar-refractivity contribution in [3.8, 4) is 5.75 Å². The quantitative estimate of drug-likeness (QED) is 0.582. The van der Waals surface area contributed by atoms with Crippen LogP contribution < -0.4 is 9.64 Å². The zero-order chi connectivity index (χ0) is 23.3. The molecule has 0 amide bonds. The van der Waals surface area contributed by atoms with E-state index in [1.807, 2.05) is 44.2 Å². The molecule has 32 heavy (non-hydrogen) atoms. The zero-order valence-corrected chi connectivity index (χ0v) is 19.2. The van der Waals surface area contributed by atoms with Crippen LogP contribution in [0.5, 0.6) is 5.75 Å². The van der Waals surface area contributed by atoms with Gasteiger partial charge in [0, 0.05) is 23.7 Å². The highest BCUT2D eigenvalue weighted by Gasteiger charge is 2.37. The second-order valence-corrected chi connectivity index (χ2v) is 7.54. The Bertz CT molecular complexity index is 1010. The first-order chi connectivity index (χ1) is 15.4. The molecular formula is C26H29NO5. The van der Waals surface area contributed by atoms with E-state index >= 15 is 0 Å². The fourth-order valence-corrected chi connectivity index (χ4v) is 3.91. The van der Waals surface area contributed by atoms with Crippen LogP contribution in [-0.4, -0.2) is 32.3 Å². The van der Waals surface area contributed by atoms with Crippen LogP contribution in [0.1, 0.15) is 36.5 Å². The van der Waals surface area contributed by atoms with E-state index in [0.29, 0.717) is 22.5 Å². The van der Waals surface area contributed by atoms with Crippen molar-refractivity contribution in [2.45, 2.75) is 33.6 Å². The number of carbonyl (C=O) groups excluding carboxylic acids is 2. The van der Waals surface area contributed by atoms with E-state index in [1.165, 1.54) is 0 Å². The highest BCUT2D eigenvalue weighted by molar-refractivity contribution is 6.00. The summed E-state index contributed by atoms with van der Waals surface area (Å²) in [5.74, 6) is -1.10. The van der Waals surface area contributed by atoms with Gasteiger partial charge in [-0.25, -0.2) is 9.59 Å². The second-order valence-electron chi connectivity index (χ2n) is 7.54. The Hall–Kier alpha value is -3.54. The van der Waals surface area contributed by atoms with Crippen molar-refractivity contribution < 1.29 is 23.8 Å². The van der Waals surface area contributed by atoms with Crippen LogP contribution in [0.4, 0.5) is 5.69 Å². The van der Waals surface area contributed by atoms with E-state index in [2.05, 4.69) is 6.07 Å². The van der Waals surface area contributed by atoms with Crippen molar-refractivity contribution >= 4 is 17.6 Å². The average molecular weight is 436 g/mol. The number of aryl methyl sites for hydroxylation is 2. The molecule has 2 aromatic carbocycles. The van der Waals surface area contributed by atoms with Gasteiger partial charge in [-0.05, 0) is 57.0 Å². The molecule has 0 spiro atoms. The van der Waals surface area contributed by atoms with Crippen molar-refractivity contribution in [2.75, 3.05) is 25.2 Å².